The number of rotatable bonds is 1. The molecule has 1 N–H and O–H groups in total. The molecule has 0 radical (unpaired) electrons. The normalized spacial score (nSPS) is 12.6. The molecule has 21 heavy (non-hydrogen) atoms. The molecule has 1 aliphatic rings. The van der Waals surface area contributed by atoms with Gasteiger partial charge >= 0.3 is 5.97 Å². The Bertz CT molecular complexity index is 580. The van der Waals surface area contributed by atoms with Gasteiger partial charge in [0.2, 0.25) is 0 Å². The summed E-state index contributed by atoms with van der Waals surface area (Å²) in [5.74, 6) is -0.581. The van der Waals surface area contributed by atoms with Crippen molar-refractivity contribution in [3.63, 3.8) is 0 Å². The second-order valence-electron chi connectivity index (χ2n) is 4.98. The number of hydrogen-bond donors (Lipinski definition) is 1. The molecule has 0 amide bonds. The van der Waals surface area contributed by atoms with E-state index in [2.05, 4.69) is 29.0 Å². The fourth-order valence-corrected chi connectivity index (χ4v) is 2.43. The molecule has 0 aliphatic heterocycles. The molecule has 3 heteroatoms. The minimum absolute atomic E-state index is 0.0562. The van der Waals surface area contributed by atoms with Crippen LogP contribution >= 0.6 is 0 Å². The molecule has 3 rings (SSSR count). The summed E-state index contributed by atoms with van der Waals surface area (Å²) in [6, 6.07) is 15.0. The van der Waals surface area contributed by atoms with Crippen molar-refractivity contribution >= 4 is 5.97 Å². The topological polar surface area (TPSA) is 46.5 Å². The standard InChI is InChI=1S/C10H12.C8H8O3/c1-2-6-10-8-4-3-7-9(10)5-1;1-11-8(10)6-4-2-3-5-7(6)9/h1-2,5-6H,3-4,7-8H2;2-5,9H,1H3. The Labute approximate surface area is 125 Å². The van der Waals surface area contributed by atoms with Crippen LogP contribution in [0.4, 0.5) is 0 Å². The van der Waals surface area contributed by atoms with Gasteiger partial charge in [-0.15, -0.1) is 0 Å². The molecule has 1 aliphatic carbocycles. The Balaban J connectivity index is 0.000000154. The molecule has 0 spiro atoms. The molecule has 2 aromatic rings. The summed E-state index contributed by atoms with van der Waals surface area (Å²) in [5, 5.41) is 9.11. The monoisotopic (exact) mass is 284 g/mol. The van der Waals surface area contributed by atoms with E-state index < -0.39 is 5.97 Å². The van der Waals surface area contributed by atoms with Crippen molar-refractivity contribution in [2.45, 2.75) is 25.7 Å². The van der Waals surface area contributed by atoms with Gasteiger partial charge in [-0.2, -0.15) is 0 Å². The van der Waals surface area contributed by atoms with Crippen LogP contribution in [0.5, 0.6) is 5.75 Å². The second kappa shape index (κ2) is 7.48. The first-order valence-corrected chi connectivity index (χ1v) is 7.15. The second-order valence-corrected chi connectivity index (χ2v) is 4.98. The van der Waals surface area contributed by atoms with Crippen molar-refractivity contribution in [1.82, 2.24) is 0 Å². The van der Waals surface area contributed by atoms with Gasteiger partial charge in [-0.3, -0.25) is 0 Å². The summed E-state index contributed by atoms with van der Waals surface area (Å²) in [6.45, 7) is 0. The van der Waals surface area contributed by atoms with E-state index in [1.165, 1.54) is 44.9 Å². The molecule has 0 unspecified atom stereocenters. The first kappa shape index (κ1) is 15.1. The van der Waals surface area contributed by atoms with E-state index in [1.807, 2.05) is 0 Å². The summed E-state index contributed by atoms with van der Waals surface area (Å²) in [4.78, 5) is 10.9. The lowest BCUT2D eigenvalue weighted by molar-refractivity contribution is 0.0597. The number of phenolic OH excluding ortho intramolecular Hbond substituents is 1. The fraction of sp³-hybridized carbons (Fsp3) is 0.278. The molecule has 110 valence electrons. The van der Waals surface area contributed by atoms with Gasteiger partial charge in [0.25, 0.3) is 0 Å². The van der Waals surface area contributed by atoms with Gasteiger partial charge in [-0.25, -0.2) is 4.79 Å². The number of aromatic hydroxyl groups is 1. The molecule has 0 atom stereocenters. The SMILES string of the molecule is COC(=O)c1ccccc1O.c1ccc2c(c1)CCCC2. The maximum Gasteiger partial charge on any atom is 0.341 e. The summed E-state index contributed by atoms with van der Waals surface area (Å²) in [5.41, 5.74) is 3.34. The van der Waals surface area contributed by atoms with Crippen molar-refractivity contribution < 1.29 is 14.6 Å². The van der Waals surface area contributed by atoms with Crippen LogP contribution in [0.3, 0.4) is 0 Å². The van der Waals surface area contributed by atoms with Crippen LogP contribution in [-0.2, 0) is 17.6 Å². The molecule has 0 saturated carbocycles. The molecule has 0 heterocycles. The third kappa shape index (κ3) is 4.09. The minimum Gasteiger partial charge on any atom is -0.507 e. The molecular weight excluding hydrogens is 264 g/mol. The molecule has 0 bridgehead atoms. The maximum atomic E-state index is 10.9. The van der Waals surface area contributed by atoms with Gasteiger partial charge in [-0.05, 0) is 48.9 Å². The summed E-state index contributed by atoms with van der Waals surface area (Å²) in [6.07, 6.45) is 5.38. The summed E-state index contributed by atoms with van der Waals surface area (Å²) < 4.78 is 4.42. The minimum atomic E-state index is -0.525. The van der Waals surface area contributed by atoms with Gasteiger partial charge in [0.1, 0.15) is 11.3 Å². The molecular formula is C18H20O3. The van der Waals surface area contributed by atoms with Crippen molar-refractivity contribution in [2.75, 3.05) is 7.11 Å². The van der Waals surface area contributed by atoms with E-state index >= 15 is 0 Å². The number of esters is 1. The maximum absolute atomic E-state index is 10.9. The fourth-order valence-electron chi connectivity index (χ4n) is 2.43. The first-order chi connectivity index (χ1) is 10.2. The van der Waals surface area contributed by atoms with Gasteiger partial charge in [0, 0.05) is 0 Å². The van der Waals surface area contributed by atoms with Crippen LogP contribution in [0.25, 0.3) is 0 Å². The number of fused-ring (bicyclic) bond motifs is 1. The Hall–Kier alpha value is -2.29. The third-order valence-corrected chi connectivity index (χ3v) is 3.57. The predicted molar refractivity (Wildman–Crippen MR) is 82.5 cm³/mol. The number of aryl methyl sites for hydroxylation is 2. The quantitative estimate of drug-likeness (QED) is 0.811. The van der Waals surface area contributed by atoms with E-state index in [-0.39, 0.29) is 11.3 Å². The summed E-state index contributed by atoms with van der Waals surface area (Å²) >= 11 is 0. The number of benzene rings is 2. The van der Waals surface area contributed by atoms with Gasteiger partial charge < -0.3 is 9.84 Å². The molecule has 0 aromatic heterocycles. The third-order valence-electron chi connectivity index (χ3n) is 3.57. The molecule has 0 fully saturated rings. The Morgan fingerprint density at radius 1 is 0.952 bits per heavy atom. The molecule has 3 nitrogen and oxygen atoms in total. The Morgan fingerprint density at radius 2 is 1.48 bits per heavy atom. The van der Waals surface area contributed by atoms with Crippen LogP contribution in [-0.4, -0.2) is 18.2 Å². The lowest BCUT2D eigenvalue weighted by atomic mass is 9.92. The van der Waals surface area contributed by atoms with Gasteiger partial charge in [0.15, 0.2) is 0 Å². The van der Waals surface area contributed by atoms with E-state index in [9.17, 15) is 4.79 Å². The van der Waals surface area contributed by atoms with Gasteiger partial charge in [-0.1, -0.05) is 36.4 Å². The van der Waals surface area contributed by atoms with E-state index in [4.69, 9.17) is 5.11 Å². The largest absolute Gasteiger partial charge is 0.507 e. The highest BCUT2D eigenvalue weighted by molar-refractivity contribution is 5.92. The highest BCUT2D eigenvalue weighted by atomic mass is 16.5. The average molecular weight is 284 g/mol. The predicted octanol–water partition coefficient (Wildman–Crippen LogP) is 3.74. The van der Waals surface area contributed by atoms with Crippen LogP contribution in [0, 0.1) is 0 Å². The Kier molecular flexibility index (Phi) is 5.38. The van der Waals surface area contributed by atoms with Crippen LogP contribution in [0.15, 0.2) is 48.5 Å². The van der Waals surface area contributed by atoms with Crippen LogP contribution < -0.4 is 0 Å². The molecule has 2 aromatic carbocycles. The zero-order valence-corrected chi connectivity index (χ0v) is 12.2. The molecule has 0 saturated heterocycles. The number of para-hydroxylation sites is 1. The summed E-state index contributed by atoms with van der Waals surface area (Å²) in [7, 11) is 1.27. The lowest BCUT2D eigenvalue weighted by Crippen LogP contribution is -2.00. The number of carbonyl (C=O) groups is 1. The van der Waals surface area contributed by atoms with Crippen molar-refractivity contribution in [3.8, 4) is 5.75 Å². The van der Waals surface area contributed by atoms with E-state index in [0.29, 0.717) is 0 Å². The number of phenols is 1. The smallest absolute Gasteiger partial charge is 0.341 e. The van der Waals surface area contributed by atoms with Crippen molar-refractivity contribution in [3.05, 3.63) is 65.2 Å². The van der Waals surface area contributed by atoms with Crippen molar-refractivity contribution in [2.24, 2.45) is 0 Å². The number of methoxy groups -OCH3 is 1. The number of carbonyl (C=O) groups excluding carboxylic acids is 1. The first-order valence-electron chi connectivity index (χ1n) is 7.15. The average Bonchev–Trinajstić information content (AvgIpc) is 2.55. The Morgan fingerprint density at radius 3 is 2.00 bits per heavy atom. The highest BCUT2D eigenvalue weighted by Crippen LogP contribution is 2.19. The van der Waals surface area contributed by atoms with Crippen molar-refractivity contribution in [1.29, 1.82) is 0 Å². The van der Waals surface area contributed by atoms with E-state index in [1.54, 1.807) is 23.3 Å². The zero-order valence-electron chi connectivity index (χ0n) is 12.2. The number of hydrogen-bond acceptors (Lipinski definition) is 3. The lowest BCUT2D eigenvalue weighted by Gasteiger charge is -2.13. The zero-order chi connectivity index (χ0) is 15.1. The highest BCUT2D eigenvalue weighted by Gasteiger charge is 2.08. The number of ether oxygens (including phenoxy) is 1. The van der Waals surface area contributed by atoms with E-state index in [0.717, 1.165) is 0 Å². The van der Waals surface area contributed by atoms with Crippen LogP contribution in [0.1, 0.15) is 34.3 Å². The van der Waals surface area contributed by atoms with Gasteiger partial charge in [0.05, 0.1) is 7.11 Å². The van der Waals surface area contributed by atoms with Crippen LogP contribution in [0.2, 0.25) is 0 Å².